The number of amidine groups is 1. The number of amides is 2. The average Bonchev–Trinajstić information content (AvgIpc) is 3.40. The average molecular weight is 523 g/mol. The van der Waals surface area contributed by atoms with Gasteiger partial charge in [0.15, 0.2) is 0 Å². The summed E-state index contributed by atoms with van der Waals surface area (Å²) in [6, 6.07) is 14.9. The van der Waals surface area contributed by atoms with Gasteiger partial charge in [-0.15, -0.1) is 0 Å². The number of hydrogen-bond donors (Lipinski definition) is 0. The normalized spacial score (nSPS) is 28.7. The van der Waals surface area contributed by atoms with Gasteiger partial charge in [0.2, 0.25) is 0 Å². The molecule has 2 aromatic carbocycles. The molecule has 3 aliphatic heterocycles. The molecule has 3 atom stereocenters. The molecule has 7 heteroatoms. The van der Waals surface area contributed by atoms with E-state index < -0.39 is 5.54 Å². The highest BCUT2D eigenvalue weighted by molar-refractivity contribution is 6.30. The van der Waals surface area contributed by atoms with Gasteiger partial charge in [-0.25, -0.2) is 9.18 Å². The molecule has 3 fully saturated rings. The molecule has 5 nitrogen and oxygen atoms in total. The van der Waals surface area contributed by atoms with Crippen molar-refractivity contribution in [3.8, 4) is 0 Å². The molecule has 1 saturated carbocycles. The highest BCUT2D eigenvalue weighted by Crippen LogP contribution is 2.44. The van der Waals surface area contributed by atoms with Crippen molar-refractivity contribution in [3.05, 3.63) is 64.9 Å². The maximum Gasteiger partial charge on any atom is 0.350 e. The van der Waals surface area contributed by atoms with E-state index in [1.54, 1.807) is 6.07 Å². The highest BCUT2D eigenvalue weighted by Gasteiger charge is 2.56. The van der Waals surface area contributed by atoms with Crippen LogP contribution in [0.25, 0.3) is 0 Å². The zero-order chi connectivity index (χ0) is 25.6. The minimum atomic E-state index is -0.553. The number of anilines is 1. The number of carbonyl (C=O) groups excluding carboxylic acids is 1. The lowest BCUT2D eigenvalue weighted by Crippen LogP contribution is -2.64. The van der Waals surface area contributed by atoms with Gasteiger partial charge >= 0.3 is 6.03 Å². The summed E-state index contributed by atoms with van der Waals surface area (Å²) in [6.07, 6.45) is 8.66. The van der Waals surface area contributed by atoms with Crippen molar-refractivity contribution < 1.29 is 9.18 Å². The summed E-state index contributed by atoms with van der Waals surface area (Å²) in [7, 11) is 0. The van der Waals surface area contributed by atoms with Crippen LogP contribution in [-0.2, 0) is 6.42 Å². The van der Waals surface area contributed by atoms with E-state index >= 15 is 0 Å². The van der Waals surface area contributed by atoms with Crippen LogP contribution < -0.4 is 4.90 Å². The van der Waals surface area contributed by atoms with E-state index in [1.165, 1.54) is 37.0 Å². The first-order chi connectivity index (χ1) is 17.9. The quantitative estimate of drug-likeness (QED) is 0.447. The molecule has 2 amide bonds. The van der Waals surface area contributed by atoms with E-state index in [1.807, 2.05) is 23.1 Å². The van der Waals surface area contributed by atoms with Gasteiger partial charge in [0.25, 0.3) is 0 Å². The summed E-state index contributed by atoms with van der Waals surface area (Å²) in [5.41, 5.74) is 1.30. The molecule has 1 unspecified atom stereocenters. The van der Waals surface area contributed by atoms with Crippen LogP contribution in [0.3, 0.4) is 0 Å². The topological polar surface area (TPSA) is 39.1 Å². The van der Waals surface area contributed by atoms with Crippen molar-refractivity contribution >= 4 is 29.2 Å². The Morgan fingerprint density at radius 3 is 2.59 bits per heavy atom. The fraction of sp³-hybridized carbons (Fsp3) is 0.533. The Labute approximate surface area is 224 Å². The Morgan fingerprint density at radius 1 is 1.08 bits per heavy atom. The minimum absolute atomic E-state index is 0.266. The zero-order valence-corrected chi connectivity index (χ0v) is 22.3. The molecule has 196 valence electrons. The number of aliphatic imine (C=N–C) groups is 1. The number of urea groups is 1. The molecule has 1 spiro atoms. The summed E-state index contributed by atoms with van der Waals surface area (Å²) >= 11 is 6.13. The maximum atomic E-state index is 14.4. The summed E-state index contributed by atoms with van der Waals surface area (Å²) in [5.74, 6) is 1.37. The van der Waals surface area contributed by atoms with Crippen molar-refractivity contribution in [1.82, 2.24) is 9.80 Å². The van der Waals surface area contributed by atoms with Crippen molar-refractivity contribution in [3.63, 3.8) is 0 Å². The summed E-state index contributed by atoms with van der Waals surface area (Å²) in [6.45, 7) is 5.24. The van der Waals surface area contributed by atoms with Crippen molar-refractivity contribution in [2.75, 3.05) is 24.5 Å². The number of likely N-dealkylation sites (tertiary alicyclic amines) is 2. The highest BCUT2D eigenvalue weighted by atomic mass is 35.5. The van der Waals surface area contributed by atoms with E-state index in [2.05, 4.69) is 28.9 Å². The molecular weight excluding hydrogens is 487 g/mol. The second-order valence-electron chi connectivity index (χ2n) is 11.5. The van der Waals surface area contributed by atoms with Crippen LogP contribution in [0.1, 0.15) is 57.4 Å². The van der Waals surface area contributed by atoms with Crippen LogP contribution in [0.15, 0.2) is 53.5 Å². The fourth-order valence-electron chi connectivity index (χ4n) is 7.00. The third-order valence-electron chi connectivity index (χ3n) is 9.12. The lowest BCUT2D eigenvalue weighted by atomic mass is 9.78. The molecule has 0 aromatic heterocycles. The molecule has 0 radical (unpaired) electrons. The molecule has 6 rings (SSSR count). The van der Waals surface area contributed by atoms with Gasteiger partial charge < -0.3 is 9.80 Å². The number of nitrogens with zero attached hydrogens (tertiary/aromatic N) is 4. The first-order valence-electron chi connectivity index (χ1n) is 13.9. The number of piperidine rings is 1. The van der Waals surface area contributed by atoms with Crippen LogP contribution >= 0.6 is 11.6 Å². The predicted molar refractivity (Wildman–Crippen MR) is 147 cm³/mol. The van der Waals surface area contributed by atoms with Gasteiger partial charge in [-0.1, -0.05) is 36.2 Å². The Bertz CT molecular complexity index is 1180. The number of benzene rings is 2. The number of halogens is 2. The van der Waals surface area contributed by atoms with Crippen molar-refractivity contribution in [1.29, 1.82) is 0 Å². The number of rotatable bonds is 5. The van der Waals surface area contributed by atoms with E-state index in [0.717, 1.165) is 68.5 Å². The first-order valence-corrected chi connectivity index (χ1v) is 14.2. The Kier molecular flexibility index (Phi) is 6.74. The third kappa shape index (κ3) is 4.67. The second-order valence-corrected chi connectivity index (χ2v) is 11.9. The number of carbonyl (C=O) groups is 1. The monoisotopic (exact) mass is 522 g/mol. The molecule has 2 aromatic rings. The van der Waals surface area contributed by atoms with Gasteiger partial charge in [0, 0.05) is 42.4 Å². The Hall–Kier alpha value is -2.44. The van der Waals surface area contributed by atoms with E-state index in [4.69, 9.17) is 16.6 Å². The summed E-state index contributed by atoms with van der Waals surface area (Å²) < 4.78 is 14.4. The molecule has 1 aliphatic carbocycles. The molecule has 0 bridgehead atoms. The van der Waals surface area contributed by atoms with Gasteiger partial charge in [0.05, 0.1) is 0 Å². The van der Waals surface area contributed by atoms with Crippen LogP contribution in [0, 0.1) is 11.7 Å². The Balaban J connectivity index is 1.32. The lowest BCUT2D eigenvalue weighted by molar-refractivity contribution is 0.0875. The molecule has 3 heterocycles. The zero-order valence-electron chi connectivity index (χ0n) is 21.6. The molecular formula is C30H36ClFN4O. The van der Waals surface area contributed by atoms with Crippen LogP contribution in [0.4, 0.5) is 14.9 Å². The maximum absolute atomic E-state index is 14.4. The molecule has 2 saturated heterocycles. The summed E-state index contributed by atoms with van der Waals surface area (Å²) in [4.78, 5) is 25.2. The SMILES string of the molecule is C[C@H]1C[C@]2(CCN1CC1CCC1)C(N1CCCC1Cc1ccc(Cl)cc1)=NC(=O)N2c1cccc(F)c1. The predicted octanol–water partition coefficient (Wildman–Crippen LogP) is 6.55. The smallest absolute Gasteiger partial charge is 0.350 e. The van der Waals surface area contributed by atoms with Crippen LogP contribution in [-0.4, -0.2) is 58.9 Å². The van der Waals surface area contributed by atoms with E-state index in [-0.39, 0.29) is 17.9 Å². The molecule has 37 heavy (non-hydrogen) atoms. The summed E-state index contributed by atoms with van der Waals surface area (Å²) in [5, 5.41) is 0.741. The Morgan fingerprint density at radius 2 is 1.89 bits per heavy atom. The fourth-order valence-corrected chi connectivity index (χ4v) is 7.13. The third-order valence-corrected chi connectivity index (χ3v) is 9.38. The number of hydrogen-bond acceptors (Lipinski definition) is 3. The van der Waals surface area contributed by atoms with Crippen molar-refractivity contribution in [2.24, 2.45) is 10.9 Å². The molecule has 0 N–H and O–H groups in total. The van der Waals surface area contributed by atoms with Gasteiger partial charge in [-0.05, 0) is 93.7 Å². The van der Waals surface area contributed by atoms with Gasteiger partial charge in [0.1, 0.15) is 17.2 Å². The second kappa shape index (κ2) is 10.0. The lowest BCUT2D eigenvalue weighted by Gasteiger charge is -2.51. The standard InChI is InChI=1S/C30H36ClFN4O/c1-21-19-30(14-16-34(21)20-23-5-2-6-23)28(33-29(37)36(30)27-8-3-7-25(32)18-27)35-15-4-9-26(35)17-22-10-12-24(31)13-11-22/h3,7-8,10-13,18,21,23,26H,2,4-6,9,14-17,19-20H2,1H3/t21-,26?,30+/m0/s1. The minimum Gasteiger partial charge on any atom is -0.355 e. The van der Waals surface area contributed by atoms with Gasteiger partial charge in [-0.2, -0.15) is 4.99 Å². The van der Waals surface area contributed by atoms with Crippen molar-refractivity contribution in [2.45, 2.75) is 75.9 Å². The van der Waals surface area contributed by atoms with Crippen LogP contribution in [0.2, 0.25) is 5.02 Å². The van der Waals surface area contributed by atoms with Crippen LogP contribution in [0.5, 0.6) is 0 Å². The largest absolute Gasteiger partial charge is 0.355 e. The first kappa shape index (κ1) is 24.9. The van der Waals surface area contributed by atoms with E-state index in [9.17, 15) is 9.18 Å². The molecule has 4 aliphatic rings. The van der Waals surface area contributed by atoms with E-state index in [0.29, 0.717) is 11.7 Å². The van der Waals surface area contributed by atoms with Gasteiger partial charge in [-0.3, -0.25) is 4.90 Å².